The minimum absolute atomic E-state index is 0.237. The number of nitrogens with zero attached hydrogens (tertiary/aromatic N) is 3. The highest BCUT2D eigenvalue weighted by Crippen LogP contribution is 2.12. The van der Waals surface area contributed by atoms with E-state index >= 15 is 0 Å². The predicted molar refractivity (Wildman–Crippen MR) is 67.9 cm³/mol. The molecule has 2 heterocycles. The number of rotatable bonds is 4. The highest BCUT2D eigenvalue weighted by atomic mass is 16.3. The van der Waals surface area contributed by atoms with Crippen molar-refractivity contribution in [3.8, 4) is 11.4 Å². The van der Waals surface area contributed by atoms with Crippen molar-refractivity contribution in [1.29, 1.82) is 0 Å². The highest BCUT2D eigenvalue weighted by molar-refractivity contribution is 5.53. The van der Waals surface area contributed by atoms with E-state index in [0.717, 1.165) is 6.42 Å². The summed E-state index contributed by atoms with van der Waals surface area (Å²) in [6.07, 6.45) is 2.48. The number of aliphatic hydroxyl groups is 1. The number of hydrogen-bond donors (Lipinski definition) is 1. The van der Waals surface area contributed by atoms with E-state index < -0.39 is 0 Å². The second-order valence-electron chi connectivity index (χ2n) is 3.96. The van der Waals surface area contributed by atoms with Gasteiger partial charge in [0.25, 0.3) is 5.56 Å². The smallest absolute Gasteiger partial charge is 0.272 e. The highest BCUT2D eigenvalue weighted by Gasteiger charge is 2.09. The van der Waals surface area contributed by atoms with Gasteiger partial charge in [0.05, 0.1) is 12.3 Å². The standard InChI is InChI=1S/C13H15N3O2/c1-2-7-16-13(18)10(9-17)8-12(15-16)11-5-3-4-6-14-11/h3-6,8,17H,2,7,9H2,1H3. The molecule has 0 saturated heterocycles. The summed E-state index contributed by atoms with van der Waals surface area (Å²) in [5, 5.41) is 13.5. The second kappa shape index (κ2) is 5.55. The second-order valence-corrected chi connectivity index (χ2v) is 3.96. The van der Waals surface area contributed by atoms with Gasteiger partial charge in [0, 0.05) is 18.3 Å². The Morgan fingerprint density at radius 3 is 2.78 bits per heavy atom. The van der Waals surface area contributed by atoms with Gasteiger partial charge in [-0.15, -0.1) is 0 Å². The quantitative estimate of drug-likeness (QED) is 0.879. The van der Waals surface area contributed by atoms with Gasteiger partial charge in [-0.25, -0.2) is 4.68 Å². The van der Waals surface area contributed by atoms with E-state index in [2.05, 4.69) is 10.1 Å². The Hall–Kier alpha value is -2.01. The van der Waals surface area contributed by atoms with Crippen molar-refractivity contribution >= 4 is 0 Å². The molecular weight excluding hydrogens is 230 g/mol. The molecule has 5 heteroatoms. The molecule has 18 heavy (non-hydrogen) atoms. The molecule has 0 saturated carbocycles. The van der Waals surface area contributed by atoms with E-state index in [0.29, 0.717) is 23.5 Å². The third-order valence-corrected chi connectivity index (χ3v) is 2.58. The Bertz CT molecular complexity index is 579. The average Bonchev–Trinajstić information content (AvgIpc) is 2.42. The number of aromatic nitrogens is 3. The van der Waals surface area contributed by atoms with Crippen LogP contribution in [0.2, 0.25) is 0 Å². The molecule has 0 unspecified atom stereocenters. The molecule has 94 valence electrons. The molecule has 2 aromatic rings. The Balaban J connectivity index is 2.55. The maximum absolute atomic E-state index is 11.9. The largest absolute Gasteiger partial charge is 0.391 e. The number of aliphatic hydroxyl groups excluding tert-OH is 1. The third-order valence-electron chi connectivity index (χ3n) is 2.58. The molecule has 1 N–H and O–H groups in total. The maximum Gasteiger partial charge on any atom is 0.272 e. The van der Waals surface area contributed by atoms with Crippen LogP contribution in [0.4, 0.5) is 0 Å². The van der Waals surface area contributed by atoms with Crippen LogP contribution in [0.3, 0.4) is 0 Å². The van der Waals surface area contributed by atoms with Gasteiger partial charge in [-0.1, -0.05) is 13.0 Å². The minimum atomic E-state index is -0.287. The monoisotopic (exact) mass is 245 g/mol. The van der Waals surface area contributed by atoms with Crippen LogP contribution in [0.25, 0.3) is 11.4 Å². The SMILES string of the molecule is CCCn1nc(-c2ccccn2)cc(CO)c1=O. The van der Waals surface area contributed by atoms with Crippen LogP contribution < -0.4 is 5.56 Å². The summed E-state index contributed by atoms with van der Waals surface area (Å²) in [5.41, 5.74) is 1.41. The first kappa shape index (κ1) is 12.4. The average molecular weight is 245 g/mol. The maximum atomic E-state index is 11.9. The molecule has 5 nitrogen and oxygen atoms in total. The van der Waals surface area contributed by atoms with E-state index in [1.165, 1.54) is 4.68 Å². The minimum Gasteiger partial charge on any atom is -0.391 e. The third kappa shape index (κ3) is 2.46. The van der Waals surface area contributed by atoms with Gasteiger partial charge in [0.1, 0.15) is 5.69 Å². The van der Waals surface area contributed by atoms with Crippen molar-refractivity contribution in [2.24, 2.45) is 0 Å². The van der Waals surface area contributed by atoms with E-state index in [9.17, 15) is 9.90 Å². The van der Waals surface area contributed by atoms with Crippen molar-refractivity contribution in [2.75, 3.05) is 0 Å². The number of hydrogen-bond acceptors (Lipinski definition) is 4. The molecule has 2 aromatic heterocycles. The molecule has 0 aliphatic heterocycles. The Kier molecular flexibility index (Phi) is 3.84. The Labute approximate surface area is 105 Å². The lowest BCUT2D eigenvalue weighted by atomic mass is 10.2. The summed E-state index contributed by atoms with van der Waals surface area (Å²) in [4.78, 5) is 16.1. The van der Waals surface area contributed by atoms with Crippen molar-refractivity contribution in [1.82, 2.24) is 14.8 Å². The van der Waals surface area contributed by atoms with Crippen LogP contribution >= 0.6 is 0 Å². The molecule has 0 radical (unpaired) electrons. The lowest BCUT2D eigenvalue weighted by Crippen LogP contribution is -2.26. The molecule has 0 amide bonds. The lowest BCUT2D eigenvalue weighted by Gasteiger charge is -2.08. The zero-order valence-corrected chi connectivity index (χ0v) is 10.2. The van der Waals surface area contributed by atoms with Crippen LogP contribution in [0.1, 0.15) is 18.9 Å². The molecule has 0 spiro atoms. The molecular formula is C13H15N3O2. The van der Waals surface area contributed by atoms with Gasteiger partial charge in [-0.3, -0.25) is 9.78 Å². The number of aryl methyl sites for hydroxylation is 1. The zero-order chi connectivity index (χ0) is 13.0. The fraction of sp³-hybridized carbons (Fsp3) is 0.308. The van der Waals surface area contributed by atoms with Gasteiger partial charge >= 0.3 is 0 Å². The summed E-state index contributed by atoms with van der Waals surface area (Å²) in [7, 11) is 0. The van der Waals surface area contributed by atoms with Crippen LogP contribution in [0.15, 0.2) is 35.3 Å². The van der Waals surface area contributed by atoms with Crippen LogP contribution in [-0.4, -0.2) is 19.9 Å². The Morgan fingerprint density at radius 2 is 2.17 bits per heavy atom. The molecule has 0 bridgehead atoms. The van der Waals surface area contributed by atoms with E-state index in [-0.39, 0.29) is 12.2 Å². The lowest BCUT2D eigenvalue weighted by molar-refractivity contribution is 0.278. The molecule has 2 rings (SSSR count). The van der Waals surface area contributed by atoms with Gasteiger partial charge in [-0.05, 0) is 24.6 Å². The van der Waals surface area contributed by atoms with E-state index in [4.69, 9.17) is 0 Å². The van der Waals surface area contributed by atoms with E-state index in [1.807, 2.05) is 25.1 Å². The van der Waals surface area contributed by atoms with Crippen molar-refractivity contribution in [2.45, 2.75) is 26.5 Å². The summed E-state index contributed by atoms with van der Waals surface area (Å²) >= 11 is 0. The molecule has 0 aromatic carbocycles. The first-order valence-corrected chi connectivity index (χ1v) is 5.89. The van der Waals surface area contributed by atoms with Crippen molar-refractivity contribution in [3.63, 3.8) is 0 Å². The van der Waals surface area contributed by atoms with Crippen LogP contribution in [0.5, 0.6) is 0 Å². The van der Waals surface area contributed by atoms with Crippen molar-refractivity contribution in [3.05, 3.63) is 46.4 Å². The molecule has 0 aliphatic rings. The van der Waals surface area contributed by atoms with Gasteiger partial charge in [-0.2, -0.15) is 5.10 Å². The topological polar surface area (TPSA) is 68.0 Å². The van der Waals surface area contributed by atoms with Crippen LogP contribution in [0, 0.1) is 0 Å². The van der Waals surface area contributed by atoms with Crippen molar-refractivity contribution < 1.29 is 5.11 Å². The van der Waals surface area contributed by atoms with Gasteiger partial charge in [0.15, 0.2) is 0 Å². The summed E-state index contributed by atoms with van der Waals surface area (Å²) in [6, 6.07) is 7.09. The predicted octanol–water partition coefficient (Wildman–Crippen LogP) is 1.21. The van der Waals surface area contributed by atoms with Crippen LogP contribution in [-0.2, 0) is 13.2 Å². The Morgan fingerprint density at radius 1 is 1.33 bits per heavy atom. The zero-order valence-electron chi connectivity index (χ0n) is 10.2. The summed E-state index contributed by atoms with van der Waals surface area (Å²) < 4.78 is 1.38. The first-order valence-electron chi connectivity index (χ1n) is 5.89. The molecule has 0 atom stereocenters. The van der Waals surface area contributed by atoms with E-state index in [1.54, 1.807) is 12.3 Å². The number of pyridine rings is 1. The normalized spacial score (nSPS) is 10.6. The van der Waals surface area contributed by atoms with Gasteiger partial charge < -0.3 is 5.11 Å². The first-order chi connectivity index (χ1) is 8.76. The summed E-state index contributed by atoms with van der Waals surface area (Å²) in [6.45, 7) is 2.22. The fourth-order valence-electron chi connectivity index (χ4n) is 1.71. The summed E-state index contributed by atoms with van der Waals surface area (Å²) in [5.74, 6) is 0. The molecule has 0 aliphatic carbocycles. The van der Waals surface area contributed by atoms with Gasteiger partial charge in [0.2, 0.25) is 0 Å². The molecule has 0 fully saturated rings. The fourth-order valence-corrected chi connectivity index (χ4v) is 1.71.